The van der Waals surface area contributed by atoms with Crippen molar-refractivity contribution in [1.82, 2.24) is 5.32 Å². The molecule has 0 aliphatic carbocycles. The maximum Gasteiger partial charge on any atom is 0.387 e. The summed E-state index contributed by atoms with van der Waals surface area (Å²) in [5, 5.41) is 6.24. The van der Waals surface area contributed by atoms with Gasteiger partial charge >= 0.3 is 6.61 Å². The lowest BCUT2D eigenvalue weighted by atomic mass is 10.0. The highest BCUT2D eigenvalue weighted by Crippen LogP contribution is 2.36. The van der Waals surface area contributed by atoms with E-state index in [1.165, 1.54) is 29.8 Å². The number of fused-ring (bicyclic) bond motifs is 1. The van der Waals surface area contributed by atoms with Gasteiger partial charge in [-0.3, -0.25) is 4.79 Å². The first-order valence-electron chi connectivity index (χ1n) is 8.42. The molecule has 0 saturated heterocycles. The van der Waals surface area contributed by atoms with Gasteiger partial charge in [0.2, 0.25) is 0 Å². The summed E-state index contributed by atoms with van der Waals surface area (Å²) in [6.07, 6.45) is 0.867. The fourth-order valence-electron chi connectivity index (χ4n) is 3.13. The largest absolute Gasteiger partial charge is 0.435 e. The number of carbonyl (C=O) groups excluding carboxylic acids is 1. The molecule has 0 unspecified atom stereocenters. The standard InChI is InChI=1S/C19H21F2N3O2/c1-3-12-6-9-16-17(24(2)11-23-16)15(12)10-22-18(25)13-4-7-14(8-5-13)26-19(20)21/h4-9,19,23H,3,10-11H2,1-2H3,(H,22,25). The lowest BCUT2D eigenvalue weighted by Gasteiger charge is -2.19. The number of carbonyl (C=O) groups is 1. The number of amides is 1. The van der Waals surface area contributed by atoms with Crippen LogP contribution in [-0.4, -0.2) is 26.2 Å². The minimum Gasteiger partial charge on any atom is -0.435 e. The van der Waals surface area contributed by atoms with Crippen molar-refractivity contribution in [2.75, 3.05) is 23.9 Å². The van der Waals surface area contributed by atoms with E-state index >= 15 is 0 Å². The van der Waals surface area contributed by atoms with Crippen LogP contribution in [0.1, 0.15) is 28.4 Å². The van der Waals surface area contributed by atoms with E-state index < -0.39 is 6.61 Å². The second-order valence-electron chi connectivity index (χ2n) is 6.07. The molecule has 1 aliphatic heterocycles. The van der Waals surface area contributed by atoms with E-state index in [0.717, 1.165) is 30.0 Å². The lowest BCUT2D eigenvalue weighted by molar-refractivity contribution is -0.0498. The number of anilines is 2. The molecule has 0 fully saturated rings. The number of hydrogen-bond donors (Lipinski definition) is 2. The first-order chi connectivity index (χ1) is 12.5. The van der Waals surface area contributed by atoms with Gasteiger partial charge in [0.05, 0.1) is 18.0 Å². The van der Waals surface area contributed by atoms with Gasteiger partial charge in [-0.2, -0.15) is 8.78 Å². The van der Waals surface area contributed by atoms with Gasteiger partial charge in [-0.15, -0.1) is 0 Å². The second-order valence-corrected chi connectivity index (χ2v) is 6.07. The third-order valence-corrected chi connectivity index (χ3v) is 4.42. The fraction of sp³-hybridized carbons (Fsp3) is 0.316. The Hall–Kier alpha value is -2.83. The smallest absolute Gasteiger partial charge is 0.387 e. The molecule has 5 nitrogen and oxygen atoms in total. The van der Waals surface area contributed by atoms with Crippen LogP contribution < -0.4 is 20.3 Å². The summed E-state index contributed by atoms with van der Waals surface area (Å²) in [7, 11) is 2.01. The highest BCUT2D eigenvalue weighted by Gasteiger charge is 2.21. The highest BCUT2D eigenvalue weighted by molar-refractivity contribution is 5.94. The number of nitrogens with zero attached hydrogens (tertiary/aromatic N) is 1. The van der Waals surface area contributed by atoms with Crippen molar-refractivity contribution in [2.45, 2.75) is 26.5 Å². The average molecular weight is 361 g/mol. The molecule has 0 atom stereocenters. The summed E-state index contributed by atoms with van der Waals surface area (Å²) in [6, 6.07) is 9.79. The molecule has 0 bridgehead atoms. The Morgan fingerprint density at radius 3 is 2.65 bits per heavy atom. The van der Waals surface area contributed by atoms with Crippen molar-refractivity contribution >= 4 is 17.3 Å². The number of nitrogens with one attached hydrogen (secondary N) is 2. The van der Waals surface area contributed by atoms with Crippen LogP contribution in [0.4, 0.5) is 20.2 Å². The molecule has 3 rings (SSSR count). The maximum absolute atomic E-state index is 12.4. The van der Waals surface area contributed by atoms with Crippen molar-refractivity contribution in [2.24, 2.45) is 0 Å². The van der Waals surface area contributed by atoms with Crippen molar-refractivity contribution in [3.8, 4) is 5.75 Å². The van der Waals surface area contributed by atoms with Crippen LogP contribution in [-0.2, 0) is 13.0 Å². The van der Waals surface area contributed by atoms with Crippen LogP contribution >= 0.6 is 0 Å². The van der Waals surface area contributed by atoms with Gasteiger partial charge in [0, 0.05) is 19.2 Å². The molecular weight excluding hydrogens is 340 g/mol. The summed E-state index contributed by atoms with van der Waals surface area (Å²) in [6.45, 7) is 0.325. The SMILES string of the molecule is CCc1ccc2c(c1CNC(=O)c1ccc(OC(F)F)cc1)N(C)CN2. The van der Waals surface area contributed by atoms with Crippen LogP contribution in [0.5, 0.6) is 5.75 Å². The molecular formula is C19H21F2N3O2. The molecule has 1 heterocycles. The van der Waals surface area contributed by atoms with Gasteiger partial charge < -0.3 is 20.3 Å². The van der Waals surface area contributed by atoms with Crippen molar-refractivity contribution in [1.29, 1.82) is 0 Å². The van der Waals surface area contributed by atoms with Gasteiger partial charge in [-0.05, 0) is 47.9 Å². The lowest BCUT2D eigenvalue weighted by Crippen LogP contribution is -2.25. The number of aryl methyl sites for hydroxylation is 1. The molecule has 7 heteroatoms. The van der Waals surface area contributed by atoms with Gasteiger partial charge in [0.15, 0.2) is 0 Å². The van der Waals surface area contributed by atoms with Crippen LogP contribution in [0.2, 0.25) is 0 Å². The van der Waals surface area contributed by atoms with Crippen molar-refractivity contribution in [3.05, 3.63) is 53.1 Å². The highest BCUT2D eigenvalue weighted by atomic mass is 19.3. The number of halogens is 2. The Morgan fingerprint density at radius 2 is 2.00 bits per heavy atom. The Morgan fingerprint density at radius 1 is 1.27 bits per heavy atom. The van der Waals surface area contributed by atoms with Crippen molar-refractivity contribution < 1.29 is 18.3 Å². The quantitative estimate of drug-likeness (QED) is 0.826. The van der Waals surface area contributed by atoms with E-state index in [4.69, 9.17) is 0 Å². The zero-order chi connectivity index (χ0) is 18.7. The molecule has 1 amide bonds. The number of benzene rings is 2. The number of hydrogen-bond acceptors (Lipinski definition) is 4. The van der Waals surface area contributed by atoms with E-state index in [-0.39, 0.29) is 11.7 Å². The van der Waals surface area contributed by atoms with E-state index in [1.807, 2.05) is 7.05 Å². The molecule has 0 aromatic heterocycles. The molecule has 2 aromatic carbocycles. The first kappa shape index (κ1) is 18.0. The van der Waals surface area contributed by atoms with E-state index in [1.54, 1.807) is 0 Å². The van der Waals surface area contributed by atoms with Gasteiger partial charge in [0.1, 0.15) is 5.75 Å². The van der Waals surface area contributed by atoms with Crippen molar-refractivity contribution in [3.63, 3.8) is 0 Å². The Balaban J connectivity index is 1.73. The summed E-state index contributed by atoms with van der Waals surface area (Å²) in [5.74, 6) is -0.236. The van der Waals surface area contributed by atoms with Crippen LogP contribution in [0.3, 0.4) is 0 Å². The average Bonchev–Trinajstić information content (AvgIpc) is 3.01. The summed E-state index contributed by atoms with van der Waals surface area (Å²) < 4.78 is 28.7. The number of rotatable bonds is 6. The minimum atomic E-state index is -2.88. The molecule has 26 heavy (non-hydrogen) atoms. The van der Waals surface area contributed by atoms with E-state index in [2.05, 4.69) is 39.3 Å². The summed E-state index contributed by atoms with van der Waals surface area (Å²) >= 11 is 0. The Labute approximate surface area is 151 Å². The first-order valence-corrected chi connectivity index (χ1v) is 8.42. The number of ether oxygens (including phenoxy) is 1. The second kappa shape index (κ2) is 7.59. The fourth-order valence-corrected chi connectivity index (χ4v) is 3.13. The monoisotopic (exact) mass is 361 g/mol. The van der Waals surface area contributed by atoms with E-state index in [0.29, 0.717) is 12.1 Å². The summed E-state index contributed by atoms with van der Waals surface area (Å²) in [5.41, 5.74) is 4.82. The Kier molecular flexibility index (Phi) is 5.25. The predicted molar refractivity (Wildman–Crippen MR) is 97.0 cm³/mol. The van der Waals surface area contributed by atoms with Crippen LogP contribution in [0.25, 0.3) is 0 Å². The third-order valence-electron chi connectivity index (χ3n) is 4.42. The van der Waals surface area contributed by atoms with E-state index in [9.17, 15) is 13.6 Å². The molecule has 0 spiro atoms. The zero-order valence-corrected chi connectivity index (χ0v) is 14.7. The molecule has 2 aromatic rings. The molecule has 0 saturated carbocycles. The molecule has 138 valence electrons. The zero-order valence-electron chi connectivity index (χ0n) is 14.7. The van der Waals surface area contributed by atoms with Gasteiger partial charge in [-0.25, -0.2) is 0 Å². The maximum atomic E-state index is 12.4. The molecule has 2 N–H and O–H groups in total. The predicted octanol–water partition coefficient (Wildman–Crippen LogP) is 3.60. The number of alkyl halides is 2. The Bertz CT molecular complexity index is 794. The van der Waals surface area contributed by atoms with Gasteiger partial charge in [-0.1, -0.05) is 13.0 Å². The summed E-state index contributed by atoms with van der Waals surface area (Å²) in [4.78, 5) is 14.5. The van der Waals surface area contributed by atoms with Gasteiger partial charge in [0.25, 0.3) is 5.91 Å². The topological polar surface area (TPSA) is 53.6 Å². The van der Waals surface area contributed by atoms with Crippen LogP contribution in [0, 0.1) is 0 Å². The molecule has 0 radical (unpaired) electrons. The normalized spacial score (nSPS) is 12.7. The molecule has 1 aliphatic rings. The van der Waals surface area contributed by atoms with Crippen LogP contribution in [0.15, 0.2) is 36.4 Å². The third kappa shape index (κ3) is 3.71. The minimum absolute atomic E-state index is 0.0263.